The predicted octanol–water partition coefficient (Wildman–Crippen LogP) is 4.04. The molecule has 3 aromatic heterocycles. The van der Waals surface area contributed by atoms with Gasteiger partial charge in [-0.05, 0) is 29.0 Å². The number of rotatable bonds is 1. The van der Waals surface area contributed by atoms with Crippen LogP contribution in [0, 0.1) is 0 Å². The molecule has 0 saturated heterocycles. The molecule has 0 amide bonds. The van der Waals surface area contributed by atoms with Crippen LogP contribution in [0.5, 0.6) is 0 Å². The second-order valence-corrected chi connectivity index (χ2v) is 5.76. The molecule has 23 heavy (non-hydrogen) atoms. The van der Waals surface area contributed by atoms with Gasteiger partial charge in [0.05, 0.1) is 11.0 Å². The summed E-state index contributed by atoms with van der Waals surface area (Å²) in [6, 6.07) is 16.7. The molecule has 5 rings (SSSR count). The first-order valence-electron chi connectivity index (χ1n) is 7.58. The number of aryl methyl sites for hydroxylation is 1. The Hall–Kier alpha value is -3.14. The first kappa shape index (κ1) is 12.4. The Labute approximate surface area is 132 Å². The van der Waals surface area contributed by atoms with E-state index < -0.39 is 0 Å². The van der Waals surface area contributed by atoms with Crippen LogP contribution >= 0.6 is 0 Å². The Morgan fingerprint density at radius 1 is 1.00 bits per heavy atom. The number of hydrogen-bond donors (Lipinski definition) is 0. The molecule has 110 valence electrons. The van der Waals surface area contributed by atoms with Gasteiger partial charge in [-0.1, -0.05) is 30.3 Å². The van der Waals surface area contributed by atoms with E-state index in [1.54, 1.807) is 0 Å². The van der Waals surface area contributed by atoms with Gasteiger partial charge in [0.1, 0.15) is 11.5 Å². The van der Waals surface area contributed by atoms with Crippen LogP contribution in [0.15, 0.2) is 67.1 Å². The Morgan fingerprint density at radius 3 is 2.83 bits per heavy atom. The van der Waals surface area contributed by atoms with Gasteiger partial charge in [0, 0.05) is 31.2 Å². The summed E-state index contributed by atoms with van der Waals surface area (Å²) in [6.45, 7) is 0. The summed E-state index contributed by atoms with van der Waals surface area (Å²) in [6.07, 6.45) is 5.91. The van der Waals surface area contributed by atoms with E-state index in [0.717, 1.165) is 28.1 Å². The van der Waals surface area contributed by atoms with E-state index in [1.165, 1.54) is 10.8 Å². The third kappa shape index (κ3) is 1.72. The molecule has 0 saturated carbocycles. The monoisotopic (exact) mass is 298 g/mol. The van der Waals surface area contributed by atoms with Crippen LogP contribution in [0.2, 0.25) is 0 Å². The van der Waals surface area contributed by atoms with Gasteiger partial charge in [0.25, 0.3) is 0 Å². The number of fused-ring (bicyclic) bond motifs is 3. The average molecular weight is 298 g/mol. The molecule has 0 aliphatic heterocycles. The zero-order valence-corrected chi connectivity index (χ0v) is 12.6. The summed E-state index contributed by atoms with van der Waals surface area (Å²) >= 11 is 0. The molecule has 4 nitrogen and oxygen atoms in total. The van der Waals surface area contributed by atoms with Gasteiger partial charge in [-0.2, -0.15) is 0 Å². The number of pyridine rings is 1. The molecular weight excluding hydrogens is 284 g/mol. The van der Waals surface area contributed by atoms with Crippen LogP contribution < -0.4 is 0 Å². The Balaban J connectivity index is 1.89. The van der Waals surface area contributed by atoms with Crippen molar-refractivity contribution in [1.82, 2.24) is 18.9 Å². The van der Waals surface area contributed by atoms with Crippen molar-refractivity contribution < 1.29 is 0 Å². The minimum absolute atomic E-state index is 0.948. The van der Waals surface area contributed by atoms with Crippen molar-refractivity contribution in [1.29, 1.82) is 0 Å². The molecule has 0 bridgehead atoms. The van der Waals surface area contributed by atoms with E-state index in [2.05, 4.69) is 59.2 Å². The maximum absolute atomic E-state index is 4.84. The fourth-order valence-electron chi connectivity index (χ4n) is 3.26. The Kier molecular flexibility index (Phi) is 2.39. The topological polar surface area (TPSA) is 35.1 Å². The van der Waals surface area contributed by atoms with Gasteiger partial charge in [-0.3, -0.25) is 0 Å². The standard InChI is InChI=1S/C19H14N4/c1-22-17-8-3-2-7-16(17)21-19(22)14-6-4-5-13-12-23-10-9-20-18(23)11-15(13)14/h2-12H,1H3. The van der Waals surface area contributed by atoms with Crippen LogP contribution in [-0.4, -0.2) is 18.9 Å². The summed E-state index contributed by atoms with van der Waals surface area (Å²) in [4.78, 5) is 9.24. The first-order chi connectivity index (χ1) is 11.3. The van der Waals surface area contributed by atoms with Crippen molar-refractivity contribution in [3.63, 3.8) is 0 Å². The minimum Gasteiger partial charge on any atom is -0.327 e. The molecule has 0 radical (unpaired) electrons. The second-order valence-electron chi connectivity index (χ2n) is 5.76. The van der Waals surface area contributed by atoms with Crippen LogP contribution in [0.1, 0.15) is 0 Å². The number of nitrogens with zero attached hydrogens (tertiary/aromatic N) is 4. The second kappa shape index (κ2) is 4.43. The van der Waals surface area contributed by atoms with Crippen molar-refractivity contribution in [3.05, 3.63) is 67.1 Å². The van der Waals surface area contributed by atoms with Gasteiger partial charge in [0.2, 0.25) is 0 Å². The van der Waals surface area contributed by atoms with Crippen LogP contribution in [0.4, 0.5) is 0 Å². The molecular formula is C19H14N4. The van der Waals surface area contributed by atoms with Crippen molar-refractivity contribution in [3.8, 4) is 11.4 Å². The van der Waals surface area contributed by atoms with E-state index in [9.17, 15) is 0 Å². The Morgan fingerprint density at radius 2 is 1.91 bits per heavy atom. The largest absolute Gasteiger partial charge is 0.327 e. The lowest BCUT2D eigenvalue weighted by molar-refractivity contribution is 0.961. The van der Waals surface area contributed by atoms with Crippen LogP contribution in [-0.2, 0) is 7.05 Å². The van der Waals surface area contributed by atoms with E-state index in [4.69, 9.17) is 4.98 Å². The highest BCUT2D eigenvalue weighted by Gasteiger charge is 2.12. The van der Waals surface area contributed by atoms with Gasteiger partial charge in [-0.25, -0.2) is 9.97 Å². The highest BCUT2D eigenvalue weighted by molar-refractivity contribution is 5.98. The van der Waals surface area contributed by atoms with Crippen molar-refractivity contribution >= 4 is 27.5 Å². The number of hydrogen-bond acceptors (Lipinski definition) is 2. The van der Waals surface area contributed by atoms with Crippen molar-refractivity contribution in [2.75, 3.05) is 0 Å². The molecule has 0 N–H and O–H groups in total. The fourth-order valence-corrected chi connectivity index (χ4v) is 3.26. The summed E-state index contributed by atoms with van der Waals surface area (Å²) in [7, 11) is 2.07. The maximum atomic E-state index is 4.84. The molecule has 0 spiro atoms. The van der Waals surface area contributed by atoms with E-state index in [1.807, 2.05) is 28.9 Å². The number of para-hydroxylation sites is 2. The van der Waals surface area contributed by atoms with Gasteiger partial charge < -0.3 is 8.97 Å². The minimum atomic E-state index is 0.948. The molecule has 3 heterocycles. The molecule has 0 unspecified atom stereocenters. The van der Waals surface area contributed by atoms with Crippen LogP contribution in [0.3, 0.4) is 0 Å². The van der Waals surface area contributed by atoms with Gasteiger partial charge in [0.15, 0.2) is 0 Å². The van der Waals surface area contributed by atoms with E-state index in [-0.39, 0.29) is 0 Å². The molecule has 0 atom stereocenters. The summed E-state index contributed by atoms with van der Waals surface area (Å²) < 4.78 is 4.20. The smallest absolute Gasteiger partial charge is 0.141 e. The molecule has 2 aromatic carbocycles. The summed E-state index contributed by atoms with van der Waals surface area (Å²) in [5, 5.41) is 2.35. The SMILES string of the molecule is Cn1c(-c2cccc3cn4ccnc4cc23)nc2ccccc21. The quantitative estimate of drug-likeness (QED) is 0.468. The number of aromatic nitrogens is 4. The number of benzene rings is 2. The summed E-state index contributed by atoms with van der Waals surface area (Å²) in [5.41, 5.74) is 4.24. The molecule has 5 aromatic rings. The summed E-state index contributed by atoms with van der Waals surface area (Å²) in [5.74, 6) is 0.979. The average Bonchev–Trinajstić information content (AvgIpc) is 3.17. The maximum Gasteiger partial charge on any atom is 0.141 e. The highest BCUT2D eigenvalue weighted by Crippen LogP contribution is 2.30. The molecule has 0 fully saturated rings. The zero-order valence-electron chi connectivity index (χ0n) is 12.6. The number of imidazole rings is 2. The van der Waals surface area contributed by atoms with Gasteiger partial charge >= 0.3 is 0 Å². The third-order valence-corrected chi connectivity index (χ3v) is 4.42. The molecule has 0 aliphatic carbocycles. The van der Waals surface area contributed by atoms with Crippen LogP contribution in [0.25, 0.3) is 38.8 Å². The normalized spacial score (nSPS) is 11.7. The predicted molar refractivity (Wildman–Crippen MR) is 92.4 cm³/mol. The first-order valence-corrected chi connectivity index (χ1v) is 7.58. The lowest BCUT2D eigenvalue weighted by Gasteiger charge is -2.08. The molecule has 0 aliphatic rings. The fraction of sp³-hybridized carbons (Fsp3) is 0.0526. The zero-order chi connectivity index (χ0) is 15.4. The lowest BCUT2D eigenvalue weighted by Crippen LogP contribution is -1.94. The third-order valence-electron chi connectivity index (χ3n) is 4.42. The van der Waals surface area contributed by atoms with Gasteiger partial charge in [-0.15, -0.1) is 0 Å². The highest BCUT2D eigenvalue weighted by atomic mass is 15.1. The van der Waals surface area contributed by atoms with E-state index >= 15 is 0 Å². The molecule has 4 heteroatoms. The lowest BCUT2D eigenvalue weighted by atomic mass is 10.1. The van der Waals surface area contributed by atoms with Crippen molar-refractivity contribution in [2.45, 2.75) is 0 Å². The Bertz CT molecular complexity index is 1180. The van der Waals surface area contributed by atoms with E-state index in [0.29, 0.717) is 0 Å². The van der Waals surface area contributed by atoms with Crippen molar-refractivity contribution in [2.24, 2.45) is 7.05 Å².